The number of ether oxygens (including phenoxy) is 1. The predicted octanol–water partition coefficient (Wildman–Crippen LogP) is 2.13. The van der Waals surface area contributed by atoms with Gasteiger partial charge in [0.05, 0.1) is 13.0 Å². The Morgan fingerprint density at radius 3 is 1.96 bits per heavy atom. The van der Waals surface area contributed by atoms with E-state index in [9.17, 15) is 9.59 Å². The van der Waals surface area contributed by atoms with Gasteiger partial charge >= 0.3 is 0 Å². The molecule has 1 aromatic rings. The van der Waals surface area contributed by atoms with E-state index in [1.807, 2.05) is 29.2 Å². The number of carbonyl (C=O) groups is 2. The number of amides is 2. The number of benzene rings is 1. The van der Waals surface area contributed by atoms with Crippen LogP contribution in [0, 0.1) is 5.92 Å². The van der Waals surface area contributed by atoms with Crippen LogP contribution in [0.4, 0.5) is 0 Å². The molecule has 0 spiro atoms. The monoisotopic (exact) mass is 318 g/mol. The Kier molecular flexibility index (Phi) is 5.64. The van der Waals surface area contributed by atoms with Gasteiger partial charge in [-0.2, -0.15) is 0 Å². The Labute approximate surface area is 138 Å². The maximum absolute atomic E-state index is 13.0. The third-order valence-corrected chi connectivity index (χ3v) is 4.44. The Morgan fingerprint density at radius 1 is 1.00 bits per heavy atom. The van der Waals surface area contributed by atoms with E-state index in [4.69, 9.17) is 4.74 Å². The Bertz CT molecular complexity index is 546. The van der Waals surface area contributed by atoms with Crippen LogP contribution in [0.1, 0.15) is 32.3 Å². The van der Waals surface area contributed by atoms with E-state index in [2.05, 4.69) is 13.8 Å². The molecule has 0 N–H and O–H groups in total. The highest BCUT2D eigenvalue weighted by Gasteiger charge is 2.31. The van der Waals surface area contributed by atoms with Crippen LogP contribution in [0.25, 0.3) is 0 Å². The summed E-state index contributed by atoms with van der Waals surface area (Å²) in [4.78, 5) is 28.0. The summed E-state index contributed by atoms with van der Waals surface area (Å²) in [7, 11) is 1.63. The lowest BCUT2D eigenvalue weighted by Crippen LogP contribution is -2.51. The molecule has 126 valence electrons. The number of methoxy groups -OCH3 is 1. The zero-order valence-electron chi connectivity index (χ0n) is 14.4. The van der Waals surface area contributed by atoms with E-state index in [0.29, 0.717) is 26.2 Å². The molecule has 5 nitrogen and oxygen atoms in total. The standard InChI is InChI=1S/C18H26N2O3/c1-13(2)17(15-5-7-16(23-4)8-6-15)18(22)20-11-9-19(10-12-20)14(3)21/h5-8,13,17H,9-12H2,1-4H3. The lowest BCUT2D eigenvalue weighted by atomic mass is 9.87. The molecule has 1 unspecified atom stereocenters. The summed E-state index contributed by atoms with van der Waals surface area (Å²) in [6.07, 6.45) is 0. The molecule has 1 aliphatic heterocycles. The second-order valence-corrected chi connectivity index (χ2v) is 6.33. The van der Waals surface area contributed by atoms with Gasteiger partial charge in [-0.25, -0.2) is 0 Å². The van der Waals surface area contributed by atoms with Crippen LogP contribution in [0.15, 0.2) is 24.3 Å². The van der Waals surface area contributed by atoms with Gasteiger partial charge in [0.25, 0.3) is 0 Å². The highest BCUT2D eigenvalue weighted by atomic mass is 16.5. The molecule has 1 aliphatic rings. The van der Waals surface area contributed by atoms with Crippen molar-refractivity contribution >= 4 is 11.8 Å². The van der Waals surface area contributed by atoms with Crippen molar-refractivity contribution in [2.24, 2.45) is 5.92 Å². The average molecular weight is 318 g/mol. The molecule has 0 saturated carbocycles. The van der Waals surface area contributed by atoms with Crippen LogP contribution >= 0.6 is 0 Å². The predicted molar refractivity (Wildman–Crippen MR) is 89.4 cm³/mol. The molecule has 23 heavy (non-hydrogen) atoms. The lowest BCUT2D eigenvalue weighted by Gasteiger charge is -2.37. The van der Waals surface area contributed by atoms with Crippen molar-refractivity contribution in [3.8, 4) is 5.75 Å². The van der Waals surface area contributed by atoms with E-state index >= 15 is 0 Å². The van der Waals surface area contributed by atoms with Crippen molar-refractivity contribution in [3.63, 3.8) is 0 Å². The first-order chi connectivity index (χ1) is 10.9. The first-order valence-electron chi connectivity index (χ1n) is 8.12. The van der Waals surface area contributed by atoms with Gasteiger partial charge in [0.1, 0.15) is 5.75 Å². The van der Waals surface area contributed by atoms with Gasteiger partial charge in [-0.1, -0.05) is 26.0 Å². The highest BCUT2D eigenvalue weighted by molar-refractivity contribution is 5.84. The summed E-state index contributed by atoms with van der Waals surface area (Å²) in [6.45, 7) is 8.17. The molecule has 0 aliphatic carbocycles. The second kappa shape index (κ2) is 7.49. The van der Waals surface area contributed by atoms with Crippen LogP contribution in [-0.2, 0) is 9.59 Å². The molecular weight excluding hydrogens is 292 g/mol. The maximum Gasteiger partial charge on any atom is 0.230 e. The first-order valence-corrected chi connectivity index (χ1v) is 8.12. The van der Waals surface area contributed by atoms with Crippen LogP contribution in [0.5, 0.6) is 5.75 Å². The molecule has 1 saturated heterocycles. The fourth-order valence-corrected chi connectivity index (χ4v) is 3.06. The largest absolute Gasteiger partial charge is 0.497 e. The molecule has 1 aromatic carbocycles. The second-order valence-electron chi connectivity index (χ2n) is 6.33. The number of rotatable bonds is 4. The quantitative estimate of drug-likeness (QED) is 0.854. The van der Waals surface area contributed by atoms with E-state index < -0.39 is 0 Å². The molecule has 5 heteroatoms. The van der Waals surface area contributed by atoms with Crippen molar-refractivity contribution in [1.29, 1.82) is 0 Å². The van der Waals surface area contributed by atoms with E-state index in [0.717, 1.165) is 11.3 Å². The van der Waals surface area contributed by atoms with Gasteiger partial charge in [0, 0.05) is 33.1 Å². The van der Waals surface area contributed by atoms with Crippen LogP contribution < -0.4 is 4.74 Å². The first kappa shape index (κ1) is 17.3. The number of nitrogens with zero attached hydrogens (tertiary/aromatic N) is 2. The fourth-order valence-electron chi connectivity index (χ4n) is 3.06. The Balaban J connectivity index is 2.11. The third-order valence-electron chi connectivity index (χ3n) is 4.44. The zero-order valence-corrected chi connectivity index (χ0v) is 14.4. The number of carbonyl (C=O) groups excluding carboxylic acids is 2. The van der Waals surface area contributed by atoms with Crippen molar-refractivity contribution in [2.75, 3.05) is 33.3 Å². The number of hydrogen-bond acceptors (Lipinski definition) is 3. The van der Waals surface area contributed by atoms with Crippen LogP contribution in [-0.4, -0.2) is 54.9 Å². The van der Waals surface area contributed by atoms with Gasteiger partial charge in [0.2, 0.25) is 11.8 Å². The summed E-state index contributed by atoms with van der Waals surface area (Å²) >= 11 is 0. The summed E-state index contributed by atoms with van der Waals surface area (Å²) in [5, 5.41) is 0. The topological polar surface area (TPSA) is 49.9 Å². The van der Waals surface area contributed by atoms with E-state index in [1.165, 1.54) is 0 Å². The zero-order chi connectivity index (χ0) is 17.0. The molecule has 0 radical (unpaired) electrons. The van der Waals surface area contributed by atoms with E-state index in [1.54, 1.807) is 18.9 Å². The van der Waals surface area contributed by atoms with Crippen molar-refractivity contribution in [2.45, 2.75) is 26.7 Å². The van der Waals surface area contributed by atoms with Crippen molar-refractivity contribution in [3.05, 3.63) is 29.8 Å². The molecule has 2 rings (SSSR count). The molecular formula is C18H26N2O3. The number of piperazine rings is 1. The summed E-state index contributed by atoms with van der Waals surface area (Å²) < 4.78 is 5.19. The third kappa shape index (κ3) is 4.03. The summed E-state index contributed by atoms with van der Waals surface area (Å²) in [5.41, 5.74) is 1.01. The average Bonchev–Trinajstić information content (AvgIpc) is 2.55. The molecule has 1 atom stereocenters. The van der Waals surface area contributed by atoms with Crippen molar-refractivity contribution < 1.29 is 14.3 Å². The molecule has 2 amide bonds. The maximum atomic E-state index is 13.0. The fraction of sp³-hybridized carbons (Fsp3) is 0.556. The number of hydrogen-bond donors (Lipinski definition) is 0. The smallest absolute Gasteiger partial charge is 0.230 e. The minimum absolute atomic E-state index is 0.0765. The molecule has 0 bridgehead atoms. The SMILES string of the molecule is COc1ccc(C(C(=O)N2CCN(C(C)=O)CC2)C(C)C)cc1. The Hall–Kier alpha value is -2.04. The van der Waals surface area contributed by atoms with Gasteiger partial charge in [-0.15, -0.1) is 0 Å². The summed E-state index contributed by atoms with van der Waals surface area (Å²) in [6, 6.07) is 7.72. The minimum Gasteiger partial charge on any atom is -0.497 e. The molecule has 1 fully saturated rings. The van der Waals surface area contributed by atoms with Gasteiger partial charge in [0.15, 0.2) is 0 Å². The Morgan fingerprint density at radius 2 is 1.52 bits per heavy atom. The molecule has 0 aromatic heterocycles. The van der Waals surface area contributed by atoms with Crippen LogP contribution in [0.3, 0.4) is 0 Å². The minimum atomic E-state index is -0.162. The van der Waals surface area contributed by atoms with Crippen molar-refractivity contribution in [1.82, 2.24) is 9.80 Å². The van der Waals surface area contributed by atoms with Crippen LogP contribution in [0.2, 0.25) is 0 Å². The molecule has 1 heterocycles. The summed E-state index contributed by atoms with van der Waals surface area (Å²) in [5.74, 6) is 1.06. The van der Waals surface area contributed by atoms with E-state index in [-0.39, 0.29) is 23.7 Å². The van der Waals surface area contributed by atoms with Gasteiger partial charge in [-0.3, -0.25) is 9.59 Å². The van der Waals surface area contributed by atoms with Gasteiger partial charge in [-0.05, 0) is 23.6 Å². The highest BCUT2D eigenvalue weighted by Crippen LogP contribution is 2.28. The lowest BCUT2D eigenvalue weighted by molar-refractivity contribution is -0.140. The van der Waals surface area contributed by atoms with Gasteiger partial charge < -0.3 is 14.5 Å². The normalized spacial score (nSPS) is 16.4.